The van der Waals surface area contributed by atoms with Crippen LogP contribution in [0.2, 0.25) is 0 Å². The second-order valence-electron chi connectivity index (χ2n) is 5.97. The van der Waals surface area contributed by atoms with E-state index in [2.05, 4.69) is 16.7 Å². The van der Waals surface area contributed by atoms with Gasteiger partial charge in [-0.2, -0.15) is 0 Å². The molecule has 1 aromatic rings. The van der Waals surface area contributed by atoms with Crippen LogP contribution in [0.15, 0.2) is 18.2 Å². The Bertz CT molecular complexity index is 462. The Balaban J connectivity index is 1.93. The van der Waals surface area contributed by atoms with Gasteiger partial charge < -0.3 is 9.80 Å². The van der Waals surface area contributed by atoms with Gasteiger partial charge in [0.1, 0.15) is 0 Å². The van der Waals surface area contributed by atoms with Gasteiger partial charge in [0.25, 0.3) is 0 Å². The molecule has 1 aliphatic heterocycles. The van der Waals surface area contributed by atoms with E-state index in [-0.39, 0.29) is 5.78 Å². The van der Waals surface area contributed by atoms with Gasteiger partial charge in [-0.25, -0.2) is 0 Å². The van der Waals surface area contributed by atoms with E-state index in [0.29, 0.717) is 6.42 Å². The Morgan fingerprint density at radius 3 is 2.50 bits per heavy atom. The van der Waals surface area contributed by atoms with Crippen LogP contribution in [0, 0.1) is 6.92 Å². The third-order valence-electron chi connectivity index (χ3n) is 4.10. The number of piperidine rings is 1. The molecule has 1 heterocycles. The number of benzene rings is 1. The monoisotopic (exact) mass is 274 g/mol. The van der Waals surface area contributed by atoms with Crippen molar-refractivity contribution >= 4 is 11.5 Å². The zero-order valence-corrected chi connectivity index (χ0v) is 13.0. The van der Waals surface area contributed by atoms with E-state index in [1.807, 2.05) is 32.3 Å². The molecular formula is C17H26N2O. The number of nitrogens with zero attached hydrogens (tertiary/aromatic N) is 2. The van der Waals surface area contributed by atoms with Crippen LogP contribution >= 0.6 is 0 Å². The van der Waals surface area contributed by atoms with E-state index < -0.39 is 0 Å². The molecule has 110 valence electrons. The molecule has 2 rings (SSSR count). The van der Waals surface area contributed by atoms with Crippen LogP contribution in [0.3, 0.4) is 0 Å². The molecule has 1 aromatic carbocycles. The maximum absolute atomic E-state index is 12.3. The Labute approximate surface area is 122 Å². The smallest absolute Gasteiger partial charge is 0.164 e. The normalized spacial score (nSPS) is 16.1. The fourth-order valence-corrected chi connectivity index (χ4v) is 2.92. The molecule has 0 aromatic heterocycles. The summed E-state index contributed by atoms with van der Waals surface area (Å²) >= 11 is 0. The molecule has 20 heavy (non-hydrogen) atoms. The van der Waals surface area contributed by atoms with E-state index in [9.17, 15) is 4.79 Å². The number of anilines is 1. The van der Waals surface area contributed by atoms with Crippen molar-refractivity contribution in [2.24, 2.45) is 0 Å². The lowest BCUT2D eigenvalue weighted by Crippen LogP contribution is -2.31. The lowest BCUT2D eigenvalue weighted by molar-refractivity contribution is 0.0958. The second kappa shape index (κ2) is 6.89. The highest BCUT2D eigenvalue weighted by Gasteiger charge is 2.13. The number of carbonyl (C=O) groups is 1. The fraction of sp³-hybridized carbons (Fsp3) is 0.588. The summed E-state index contributed by atoms with van der Waals surface area (Å²) in [6.07, 6.45) is 4.55. The molecule has 0 N–H and O–H groups in total. The maximum atomic E-state index is 12.3. The van der Waals surface area contributed by atoms with Gasteiger partial charge in [0, 0.05) is 38.3 Å². The van der Waals surface area contributed by atoms with E-state index in [1.54, 1.807) is 0 Å². The molecule has 3 heteroatoms. The standard InChI is InChI=1S/C17H26N2O/c1-14-13-15(7-8-16(14)18(2)3)17(20)9-12-19-10-5-4-6-11-19/h7-8,13H,4-6,9-12H2,1-3H3. The number of hydrogen-bond donors (Lipinski definition) is 0. The SMILES string of the molecule is Cc1cc(C(=O)CCN2CCCCC2)ccc1N(C)C. The van der Waals surface area contributed by atoms with Gasteiger partial charge in [0.05, 0.1) is 0 Å². The molecule has 1 aliphatic rings. The number of rotatable bonds is 5. The largest absolute Gasteiger partial charge is 0.377 e. The molecule has 0 amide bonds. The predicted molar refractivity (Wildman–Crippen MR) is 84.7 cm³/mol. The van der Waals surface area contributed by atoms with Crippen molar-refractivity contribution in [3.05, 3.63) is 29.3 Å². The molecule has 0 unspecified atom stereocenters. The first-order valence-electron chi connectivity index (χ1n) is 7.61. The zero-order valence-electron chi connectivity index (χ0n) is 13.0. The molecule has 1 fully saturated rings. The van der Waals surface area contributed by atoms with E-state index in [0.717, 1.165) is 25.2 Å². The van der Waals surface area contributed by atoms with Crippen molar-refractivity contribution in [2.45, 2.75) is 32.6 Å². The van der Waals surface area contributed by atoms with Crippen LogP contribution < -0.4 is 4.90 Å². The number of carbonyl (C=O) groups excluding carboxylic acids is 1. The average molecular weight is 274 g/mol. The van der Waals surface area contributed by atoms with Crippen molar-refractivity contribution in [1.29, 1.82) is 0 Å². The maximum Gasteiger partial charge on any atom is 0.164 e. The first-order valence-corrected chi connectivity index (χ1v) is 7.61. The highest BCUT2D eigenvalue weighted by atomic mass is 16.1. The van der Waals surface area contributed by atoms with Crippen LogP contribution in [0.25, 0.3) is 0 Å². The molecule has 1 saturated heterocycles. The molecule has 0 atom stereocenters. The highest BCUT2D eigenvalue weighted by Crippen LogP contribution is 2.20. The van der Waals surface area contributed by atoms with Crippen molar-refractivity contribution in [2.75, 3.05) is 38.6 Å². The van der Waals surface area contributed by atoms with Gasteiger partial charge in [-0.1, -0.05) is 6.42 Å². The number of aryl methyl sites for hydroxylation is 1. The summed E-state index contributed by atoms with van der Waals surface area (Å²) in [5, 5.41) is 0. The highest BCUT2D eigenvalue weighted by molar-refractivity contribution is 5.96. The van der Waals surface area contributed by atoms with Gasteiger partial charge in [-0.05, 0) is 56.6 Å². The van der Waals surface area contributed by atoms with Gasteiger partial charge in [0.15, 0.2) is 5.78 Å². The summed E-state index contributed by atoms with van der Waals surface area (Å²) in [6.45, 7) is 5.29. The molecule has 0 saturated carbocycles. The molecule has 0 bridgehead atoms. The average Bonchev–Trinajstić information content (AvgIpc) is 2.45. The van der Waals surface area contributed by atoms with Crippen molar-refractivity contribution < 1.29 is 4.79 Å². The molecule has 0 radical (unpaired) electrons. The van der Waals surface area contributed by atoms with Gasteiger partial charge in [-0.15, -0.1) is 0 Å². The van der Waals surface area contributed by atoms with E-state index in [4.69, 9.17) is 0 Å². The number of ketones is 1. The van der Waals surface area contributed by atoms with Crippen LogP contribution in [-0.2, 0) is 0 Å². The minimum atomic E-state index is 0.268. The Morgan fingerprint density at radius 1 is 1.20 bits per heavy atom. The topological polar surface area (TPSA) is 23.6 Å². The molecule has 0 spiro atoms. The van der Waals surface area contributed by atoms with Gasteiger partial charge in [0.2, 0.25) is 0 Å². The summed E-state index contributed by atoms with van der Waals surface area (Å²) < 4.78 is 0. The lowest BCUT2D eigenvalue weighted by Gasteiger charge is -2.26. The first-order chi connectivity index (χ1) is 9.58. The van der Waals surface area contributed by atoms with Crippen molar-refractivity contribution in [3.8, 4) is 0 Å². The Morgan fingerprint density at radius 2 is 1.90 bits per heavy atom. The van der Waals surface area contributed by atoms with E-state index in [1.165, 1.54) is 30.5 Å². The second-order valence-corrected chi connectivity index (χ2v) is 5.97. The summed E-state index contributed by atoms with van der Waals surface area (Å²) in [5.74, 6) is 0.268. The van der Waals surface area contributed by atoms with Crippen molar-refractivity contribution in [3.63, 3.8) is 0 Å². The number of likely N-dealkylation sites (tertiary alicyclic amines) is 1. The lowest BCUT2D eigenvalue weighted by atomic mass is 10.0. The van der Waals surface area contributed by atoms with Crippen LogP contribution in [0.5, 0.6) is 0 Å². The van der Waals surface area contributed by atoms with Crippen LogP contribution in [0.4, 0.5) is 5.69 Å². The summed E-state index contributed by atoms with van der Waals surface area (Å²) in [6, 6.07) is 6.03. The summed E-state index contributed by atoms with van der Waals surface area (Å²) in [7, 11) is 4.06. The van der Waals surface area contributed by atoms with E-state index >= 15 is 0 Å². The van der Waals surface area contributed by atoms with Gasteiger partial charge >= 0.3 is 0 Å². The summed E-state index contributed by atoms with van der Waals surface area (Å²) in [4.78, 5) is 16.8. The Hall–Kier alpha value is -1.35. The first kappa shape index (κ1) is 15.0. The third-order valence-corrected chi connectivity index (χ3v) is 4.10. The minimum absolute atomic E-state index is 0.268. The summed E-state index contributed by atoms with van der Waals surface area (Å²) in [5.41, 5.74) is 3.20. The molecule has 3 nitrogen and oxygen atoms in total. The van der Waals surface area contributed by atoms with Crippen LogP contribution in [0.1, 0.15) is 41.6 Å². The third kappa shape index (κ3) is 3.83. The van der Waals surface area contributed by atoms with Crippen LogP contribution in [-0.4, -0.2) is 44.4 Å². The fourth-order valence-electron chi connectivity index (χ4n) is 2.92. The number of hydrogen-bond acceptors (Lipinski definition) is 3. The molecular weight excluding hydrogens is 248 g/mol. The zero-order chi connectivity index (χ0) is 14.5. The molecule has 0 aliphatic carbocycles. The Kier molecular flexibility index (Phi) is 5.18. The minimum Gasteiger partial charge on any atom is -0.377 e. The predicted octanol–water partition coefficient (Wildman–Crippen LogP) is 3.12. The van der Waals surface area contributed by atoms with Crippen molar-refractivity contribution in [1.82, 2.24) is 4.90 Å². The number of Topliss-reactive ketones (excluding diaryl/α,β-unsaturated/α-hetero) is 1. The van der Waals surface area contributed by atoms with Gasteiger partial charge in [-0.3, -0.25) is 4.79 Å². The quantitative estimate of drug-likeness (QED) is 0.771.